The summed E-state index contributed by atoms with van der Waals surface area (Å²) in [5.41, 5.74) is 0. The maximum atomic E-state index is 4.17. The van der Waals surface area contributed by atoms with Gasteiger partial charge in [-0.05, 0) is 5.92 Å². The molecule has 0 spiro atoms. The summed E-state index contributed by atoms with van der Waals surface area (Å²) in [6.07, 6.45) is 1.59. The summed E-state index contributed by atoms with van der Waals surface area (Å²) >= 11 is 1.77. The molecule has 1 aromatic heterocycles. The van der Waals surface area contributed by atoms with Crippen molar-refractivity contribution in [3.8, 4) is 0 Å². The monoisotopic (exact) mass is 197 g/mol. The van der Waals surface area contributed by atoms with Crippen LogP contribution in [0.15, 0.2) is 17.4 Å². The Morgan fingerprint density at radius 3 is 2.85 bits per heavy atom. The van der Waals surface area contributed by atoms with Crippen molar-refractivity contribution in [1.82, 2.24) is 9.97 Å². The molecule has 0 bridgehead atoms. The number of rotatable bonds is 4. The van der Waals surface area contributed by atoms with Crippen LogP contribution in [0.5, 0.6) is 0 Å². The highest BCUT2D eigenvalue weighted by Gasteiger charge is 1.99. The van der Waals surface area contributed by atoms with Crippen molar-refractivity contribution in [3.63, 3.8) is 0 Å². The van der Waals surface area contributed by atoms with Crippen LogP contribution < -0.4 is 5.32 Å². The summed E-state index contributed by atoms with van der Waals surface area (Å²) < 4.78 is 0. The Balaban J connectivity index is 2.56. The molecule has 3 nitrogen and oxygen atoms in total. The zero-order valence-corrected chi connectivity index (χ0v) is 9.06. The number of nitrogens with one attached hydrogen (secondary N) is 1. The minimum absolute atomic E-state index is 0.693. The van der Waals surface area contributed by atoms with E-state index in [4.69, 9.17) is 0 Å². The van der Waals surface area contributed by atoms with Gasteiger partial charge in [0.2, 0.25) is 0 Å². The molecule has 1 rings (SSSR count). The van der Waals surface area contributed by atoms with Gasteiger partial charge in [-0.15, -0.1) is 11.8 Å². The van der Waals surface area contributed by atoms with E-state index in [0.29, 0.717) is 5.92 Å². The van der Waals surface area contributed by atoms with Gasteiger partial charge in [0.25, 0.3) is 0 Å². The lowest BCUT2D eigenvalue weighted by Crippen LogP contribution is -1.95. The van der Waals surface area contributed by atoms with Gasteiger partial charge < -0.3 is 5.32 Å². The molecule has 0 aromatic carbocycles. The van der Waals surface area contributed by atoms with E-state index in [-0.39, 0.29) is 0 Å². The molecule has 0 saturated heterocycles. The number of hydrogen-bond donors (Lipinski definition) is 1. The smallest absolute Gasteiger partial charge is 0.130 e. The highest BCUT2D eigenvalue weighted by molar-refractivity contribution is 7.99. The van der Waals surface area contributed by atoms with Crippen molar-refractivity contribution in [3.05, 3.63) is 12.4 Å². The van der Waals surface area contributed by atoms with E-state index in [0.717, 1.165) is 16.6 Å². The van der Waals surface area contributed by atoms with E-state index in [1.54, 1.807) is 18.1 Å². The fourth-order valence-corrected chi connectivity index (χ4v) is 1.63. The number of anilines is 1. The topological polar surface area (TPSA) is 37.8 Å². The molecule has 0 unspecified atom stereocenters. The van der Waals surface area contributed by atoms with E-state index in [9.17, 15) is 0 Å². The lowest BCUT2D eigenvalue weighted by molar-refractivity contribution is 0.749. The molecule has 0 aliphatic carbocycles. The third-order valence-electron chi connectivity index (χ3n) is 1.46. The van der Waals surface area contributed by atoms with Crippen LogP contribution in [0.1, 0.15) is 13.8 Å². The van der Waals surface area contributed by atoms with Gasteiger partial charge in [0, 0.05) is 18.9 Å². The number of hydrogen-bond acceptors (Lipinski definition) is 4. The van der Waals surface area contributed by atoms with Crippen LogP contribution in [0.2, 0.25) is 0 Å². The lowest BCUT2D eigenvalue weighted by Gasteiger charge is -2.04. The summed E-state index contributed by atoms with van der Waals surface area (Å²) in [4.78, 5) is 8.22. The standard InChI is InChI=1S/C9H15N3S/c1-7(2)5-13-9-4-8(10-3)11-6-12-9/h4,6-7H,5H2,1-3H3,(H,10,11,12). The molecule has 0 fully saturated rings. The van der Waals surface area contributed by atoms with Crippen LogP contribution in [0.25, 0.3) is 0 Å². The van der Waals surface area contributed by atoms with E-state index >= 15 is 0 Å². The first-order valence-electron chi connectivity index (χ1n) is 4.35. The maximum Gasteiger partial charge on any atom is 0.130 e. The maximum absolute atomic E-state index is 4.17. The predicted octanol–water partition coefficient (Wildman–Crippen LogP) is 2.27. The van der Waals surface area contributed by atoms with Gasteiger partial charge in [-0.3, -0.25) is 0 Å². The van der Waals surface area contributed by atoms with Crippen LogP contribution >= 0.6 is 11.8 Å². The molecular formula is C9H15N3S. The SMILES string of the molecule is CNc1cc(SCC(C)C)ncn1. The Labute approximate surface area is 83.4 Å². The van der Waals surface area contributed by atoms with Gasteiger partial charge in [0.05, 0.1) is 0 Å². The molecule has 1 heterocycles. The second kappa shape index (κ2) is 5.07. The van der Waals surface area contributed by atoms with Crippen molar-refractivity contribution < 1.29 is 0 Å². The van der Waals surface area contributed by atoms with Crippen LogP contribution in [-0.2, 0) is 0 Å². The molecule has 0 atom stereocenters. The fraction of sp³-hybridized carbons (Fsp3) is 0.556. The second-order valence-electron chi connectivity index (χ2n) is 3.20. The molecule has 4 heteroatoms. The van der Waals surface area contributed by atoms with E-state index in [1.165, 1.54) is 0 Å². The van der Waals surface area contributed by atoms with Gasteiger partial charge in [-0.25, -0.2) is 9.97 Å². The number of nitrogens with zero attached hydrogens (tertiary/aromatic N) is 2. The first kappa shape index (κ1) is 10.3. The van der Waals surface area contributed by atoms with Crippen LogP contribution in [0.4, 0.5) is 5.82 Å². The van der Waals surface area contributed by atoms with E-state index in [2.05, 4.69) is 29.1 Å². The quantitative estimate of drug-likeness (QED) is 0.593. The van der Waals surface area contributed by atoms with Gasteiger partial charge in [-0.2, -0.15) is 0 Å². The molecule has 72 valence electrons. The Bertz CT molecular complexity index is 263. The van der Waals surface area contributed by atoms with Gasteiger partial charge in [-0.1, -0.05) is 13.8 Å². The predicted molar refractivity (Wildman–Crippen MR) is 57.1 cm³/mol. The van der Waals surface area contributed by atoms with Gasteiger partial charge in [0.1, 0.15) is 17.2 Å². The number of aromatic nitrogens is 2. The summed E-state index contributed by atoms with van der Waals surface area (Å²) in [7, 11) is 1.86. The molecule has 1 aromatic rings. The second-order valence-corrected chi connectivity index (χ2v) is 4.24. The molecule has 0 aliphatic rings. The van der Waals surface area contributed by atoms with Crippen molar-refractivity contribution in [2.24, 2.45) is 5.92 Å². The normalized spacial score (nSPS) is 10.5. The molecule has 0 amide bonds. The van der Waals surface area contributed by atoms with Crippen molar-refractivity contribution in [2.45, 2.75) is 18.9 Å². The third-order valence-corrected chi connectivity index (χ3v) is 2.82. The average molecular weight is 197 g/mol. The summed E-state index contributed by atoms with van der Waals surface area (Å²) in [6.45, 7) is 4.40. The molecule has 0 radical (unpaired) electrons. The lowest BCUT2D eigenvalue weighted by atomic mass is 10.3. The fourth-order valence-electron chi connectivity index (χ4n) is 0.807. The van der Waals surface area contributed by atoms with E-state index < -0.39 is 0 Å². The van der Waals surface area contributed by atoms with Crippen molar-refractivity contribution >= 4 is 17.6 Å². The average Bonchev–Trinajstić information content (AvgIpc) is 2.15. The Morgan fingerprint density at radius 1 is 1.46 bits per heavy atom. The summed E-state index contributed by atoms with van der Waals surface area (Å²) in [6, 6.07) is 1.97. The zero-order valence-electron chi connectivity index (χ0n) is 8.24. The first-order valence-corrected chi connectivity index (χ1v) is 5.33. The van der Waals surface area contributed by atoms with Crippen molar-refractivity contribution in [1.29, 1.82) is 0 Å². The minimum Gasteiger partial charge on any atom is -0.373 e. The molecule has 0 aliphatic heterocycles. The number of thioether (sulfide) groups is 1. The molecule has 1 N–H and O–H groups in total. The summed E-state index contributed by atoms with van der Waals surface area (Å²) in [5.74, 6) is 2.67. The summed E-state index contributed by atoms with van der Waals surface area (Å²) in [5, 5.41) is 4.03. The molecular weight excluding hydrogens is 182 g/mol. The third kappa shape index (κ3) is 3.63. The Kier molecular flexibility index (Phi) is 4.02. The molecule has 0 saturated carbocycles. The van der Waals surface area contributed by atoms with Crippen LogP contribution in [0.3, 0.4) is 0 Å². The zero-order chi connectivity index (χ0) is 9.68. The highest BCUT2D eigenvalue weighted by Crippen LogP contribution is 2.19. The first-order chi connectivity index (χ1) is 6.22. The van der Waals surface area contributed by atoms with E-state index in [1.807, 2.05) is 13.1 Å². The van der Waals surface area contributed by atoms with Gasteiger partial charge >= 0.3 is 0 Å². The largest absolute Gasteiger partial charge is 0.373 e. The minimum atomic E-state index is 0.693. The highest BCUT2D eigenvalue weighted by atomic mass is 32.2. The van der Waals surface area contributed by atoms with Crippen LogP contribution in [-0.4, -0.2) is 22.8 Å². The van der Waals surface area contributed by atoms with Crippen LogP contribution in [0, 0.1) is 5.92 Å². The Morgan fingerprint density at radius 2 is 2.23 bits per heavy atom. The molecule has 13 heavy (non-hydrogen) atoms. The van der Waals surface area contributed by atoms with Gasteiger partial charge in [0.15, 0.2) is 0 Å². The van der Waals surface area contributed by atoms with Crippen molar-refractivity contribution in [2.75, 3.05) is 18.1 Å². The Hall–Kier alpha value is -0.770.